The molecule has 0 radical (unpaired) electrons. The number of ether oxygens (including phenoxy) is 1. The van der Waals surface area contributed by atoms with E-state index < -0.39 is 18.1 Å². The van der Waals surface area contributed by atoms with Gasteiger partial charge in [-0.15, -0.1) is 0 Å². The van der Waals surface area contributed by atoms with Crippen LogP contribution in [0.25, 0.3) is 10.9 Å². The summed E-state index contributed by atoms with van der Waals surface area (Å²) in [6.45, 7) is 0.554. The molecule has 2 aromatic rings. The summed E-state index contributed by atoms with van der Waals surface area (Å²) in [7, 11) is 0. The van der Waals surface area contributed by atoms with E-state index in [4.69, 9.17) is 4.74 Å². The first-order valence-corrected chi connectivity index (χ1v) is 7.85. The molecule has 0 aliphatic carbocycles. The zero-order valence-electron chi connectivity index (χ0n) is 12.7. The number of para-hydroxylation sites is 1. The van der Waals surface area contributed by atoms with Gasteiger partial charge < -0.3 is 20.1 Å². The van der Waals surface area contributed by atoms with Crippen LogP contribution < -0.4 is 5.32 Å². The monoisotopic (exact) mass is 316 g/mol. The predicted octanol–water partition coefficient (Wildman–Crippen LogP) is 1.85. The Morgan fingerprint density at radius 2 is 2.17 bits per heavy atom. The van der Waals surface area contributed by atoms with Crippen molar-refractivity contribution in [1.82, 2.24) is 10.3 Å². The summed E-state index contributed by atoms with van der Waals surface area (Å²) < 4.78 is 5.41. The van der Waals surface area contributed by atoms with Crippen LogP contribution in [0.5, 0.6) is 0 Å². The molecule has 1 aromatic heterocycles. The van der Waals surface area contributed by atoms with Crippen LogP contribution in [0.3, 0.4) is 0 Å². The van der Waals surface area contributed by atoms with Crippen molar-refractivity contribution in [2.24, 2.45) is 0 Å². The quantitative estimate of drug-likeness (QED) is 0.785. The first-order valence-electron chi connectivity index (χ1n) is 7.85. The Morgan fingerprint density at radius 1 is 1.35 bits per heavy atom. The van der Waals surface area contributed by atoms with E-state index in [9.17, 15) is 14.7 Å². The number of hydrogen-bond acceptors (Lipinski definition) is 3. The van der Waals surface area contributed by atoms with E-state index in [2.05, 4.69) is 10.3 Å². The van der Waals surface area contributed by atoms with Crippen LogP contribution in [0.1, 0.15) is 24.8 Å². The fourth-order valence-corrected chi connectivity index (χ4v) is 2.93. The van der Waals surface area contributed by atoms with Crippen molar-refractivity contribution in [2.75, 3.05) is 6.61 Å². The molecule has 6 heteroatoms. The molecule has 1 aliphatic rings. The van der Waals surface area contributed by atoms with Crippen molar-refractivity contribution in [1.29, 1.82) is 0 Å². The minimum Gasteiger partial charge on any atom is -0.480 e. The number of amides is 1. The van der Waals surface area contributed by atoms with Gasteiger partial charge in [0.25, 0.3) is 0 Å². The lowest BCUT2D eigenvalue weighted by Gasteiger charge is -2.23. The van der Waals surface area contributed by atoms with Crippen molar-refractivity contribution in [2.45, 2.75) is 37.8 Å². The SMILES string of the molecule is O=C(O)[C@H](Cc1c[nH]c2ccccc12)NC(=O)[C@H]1CCCCO1. The van der Waals surface area contributed by atoms with E-state index >= 15 is 0 Å². The fourth-order valence-electron chi connectivity index (χ4n) is 2.93. The molecule has 23 heavy (non-hydrogen) atoms. The third-order valence-electron chi connectivity index (χ3n) is 4.19. The number of aromatic nitrogens is 1. The Morgan fingerprint density at radius 3 is 2.91 bits per heavy atom. The highest BCUT2D eigenvalue weighted by atomic mass is 16.5. The van der Waals surface area contributed by atoms with Gasteiger partial charge in [-0.1, -0.05) is 18.2 Å². The highest BCUT2D eigenvalue weighted by Crippen LogP contribution is 2.19. The van der Waals surface area contributed by atoms with E-state index in [0.29, 0.717) is 13.0 Å². The summed E-state index contributed by atoms with van der Waals surface area (Å²) in [5.41, 5.74) is 1.83. The van der Waals surface area contributed by atoms with Gasteiger partial charge in [-0.3, -0.25) is 4.79 Å². The van der Waals surface area contributed by atoms with Crippen LogP contribution in [0, 0.1) is 0 Å². The molecule has 1 fully saturated rings. The number of benzene rings is 1. The second kappa shape index (κ2) is 6.83. The third-order valence-corrected chi connectivity index (χ3v) is 4.19. The number of carboxylic acids is 1. The van der Waals surface area contributed by atoms with Gasteiger partial charge in [-0.05, 0) is 30.9 Å². The average Bonchev–Trinajstić information content (AvgIpc) is 2.98. The normalized spacial score (nSPS) is 19.4. The lowest BCUT2D eigenvalue weighted by atomic mass is 10.0. The van der Waals surface area contributed by atoms with Gasteiger partial charge in [0.1, 0.15) is 12.1 Å². The number of aliphatic carboxylic acids is 1. The summed E-state index contributed by atoms with van der Waals surface area (Å²) in [4.78, 5) is 26.8. The molecule has 2 heterocycles. The summed E-state index contributed by atoms with van der Waals surface area (Å²) in [5.74, 6) is -1.38. The van der Waals surface area contributed by atoms with E-state index in [1.807, 2.05) is 24.3 Å². The number of nitrogens with one attached hydrogen (secondary N) is 2. The van der Waals surface area contributed by atoms with Gasteiger partial charge in [-0.25, -0.2) is 4.79 Å². The molecule has 1 saturated heterocycles. The number of carboxylic acid groups (broad SMARTS) is 1. The number of hydrogen-bond donors (Lipinski definition) is 3. The Bertz CT molecular complexity index is 703. The third kappa shape index (κ3) is 3.53. The van der Waals surface area contributed by atoms with Crippen LogP contribution >= 0.6 is 0 Å². The van der Waals surface area contributed by atoms with Crippen LogP contribution in [-0.2, 0) is 20.7 Å². The molecular weight excluding hydrogens is 296 g/mol. The van der Waals surface area contributed by atoms with Gasteiger partial charge >= 0.3 is 5.97 Å². The Balaban J connectivity index is 1.71. The zero-order chi connectivity index (χ0) is 16.2. The van der Waals surface area contributed by atoms with Crippen LogP contribution in [-0.4, -0.2) is 40.7 Å². The molecule has 1 aromatic carbocycles. The lowest BCUT2D eigenvalue weighted by molar-refractivity contribution is -0.145. The van der Waals surface area contributed by atoms with Crippen LogP contribution in [0.4, 0.5) is 0 Å². The second-order valence-electron chi connectivity index (χ2n) is 5.82. The number of aromatic amines is 1. The lowest BCUT2D eigenvalue weighted by Crippen LogP contribution is -2.48. The van der Waals surface area contributed by atoms with E-state index in [-0.39, 0.29) is 12.3 Å². The van der Waals surface area contributed by atoms with Gasteiger partial charge in [-0.2, -0.15) is 0 Å². The van der Waals surface area contributed by atoms with Crippen molar-refractivity contribution in [3.8, 4) is 0 Å². The van der Waals surface area contributed by atoms with Crippen molar-refractivity contribution < 1.29 is 19.4 Å². The molecule has 3 N–H and O–H groups in total. The topological polar surface area (TPSA) is 91.4 Å². The highest BCUT2D eigenvalue weighted by molar-refractivity contribution is 5.88. The number of H-pyrrole nitrogens is 1. The summed E-state index contributed by atoms with van der Waals surface area (Å²) in [6, 6.07) is 6.73. The molecular formula is C17H20N2O4. The molecule has 0 bridgehead atoms. The van der Waals surface area contributed by atoms with Gasteiger partial charge in [0.15, 0.2) is 0 Å². The van der Waals surface area contributed by atoms with Crippen LogP contribution in [0.15, 0.2) is 30.5 Å². The summed E-state index contributed by atoms with van der Waals surface area (Å²) in [5, 5.41) is 13.0. The first kappa shape index (κ1) is 15.6. The molecule has 2 atom stereocenters. The van der Waals surface area contributed by atoms with E-state index in [1.165, 1.54) is 0 Å². The van der Waals surface area contributed by atoms with E-state index in [0.717, 1.165) is 29.3 Å². The van der Waals surface area contributed by atoms with Gasteiger partial charge in [0.2, 0.25) is 5.91 Å². The van der Waals surface area contributed by atoms with Crippen molar-refractivity contribution in [3.63, 3.8) is 0 Å². The maximum absolute atomic E-state index is 12.2. The molecule has 0 saturated carbocycles. The summed E-state index contributed by atoms with van der Waals surface area (Å²) >= 11 is 0. The Kier molecular flexibility index (Phi) is 4.62. The number of carbonyl (C=O) groups is 2. The molecule has 1 aliphatic heterocycles. The van der Waals surface area contributed by atoms with Gasteiger partial charge in [0.05, 0.1) is 0 Å². The number of fused-ring (bicyclic) bond motifs is 1. The Hall–Kier alpha value is -2.34. The standard InChI is InChI=1S/C17H20N2O4/c20-16(15-7-3-4-8-23-15)19-14(17(21)22)9-11-10-18-13-6-2-1-5-12(11)13/h1-2,5-6,10,14-15,18H,3-4,7-9H2,(H,19,20)(H,21,22)/t14-,15+/m0/s1. The molecule has 3 rings (SSSR count). The average molecular weight is 316 g/mol. The molecule has 122 valence electrons. The molecule has 0 unspecified atom stereocenters. The van der Waals surface area contributed by atoms with E-state index in [1.54, 1.807) is 6.20 Å². The second-order valence-corrected chi connectivity index (χ2v) is 5.82. The number of carbonyl (C=O) groups excluding carboxylic acids is 1. The first-order chi connectivity index (χ1) is 11.1. The largest absolute Gasteiger partial charge is 0.480 e. The molecule has 6 nitrogen and oxygen atoms in total. The number of rotatable bonds is 5. The smallest absolute Gasteiger partial charge is 0.326 e. The fraction of sp³-hybridized carbons (Fsp3) is 0.412. The maximum Gasteiger partial charge on any atom is 0.326 e. The van der Waals surface area contributed by atoms with Crippen LogP contribution in [0.2, 0.25) is 0 Å². The highest BCUT2D eigenvalue weighted by Gasteiger charge is 2.27. The Labute approximate surface area is 133 Å². The predicted molar refractivity (Wildman–Crippen MR) is 85.2 cm³/mol. The zero-order valence-corrected chi connectivity index (χ0v) is 12.7. The molecule has 0 spiro atoms. The minimum atomic E-state index is -1.04. The molecule has 1 amide bonds. The van der Waals surface area contributed by atoms with Crippen molar-refractivity contribution >= 4 is 22.8 Å². The maximum atomic E-state index is 12.2. The van der Waals surface area contributed by atoms with Gasteiger partial charge in [0, 0.05) is 30.1 Å². The van der Waals surface area contributed by atoms with Crippen molar-refractivity contribution in [3.05, 3.63) is 36.0 Å². The summed E-state index contributed by atoms with van der Waals surface area (Å²) in [6.07, 6.45) is 4.01. The minimum absolute atomic E-state index is 0.234.